The van der Waals surface area contributed by atoms with Crippen LogP contribution in [-0.2, 0) is 6.61 Å². The summed E-state index contributed by atoms with van der Waals surface area (Å²) < 4.78 is 16.2. The average molecular weight is 287 g/mol. The number of thiophene rings is 1. The molecule has 0 spiro atoms. The molecule has 0 aliphatic carbocycles. The first-order valence-corrected chi connectivity index (χ1v) is 7.00. The van der Waals surface area contributed by atoms with Gasteiger partial charge in [0.15, 0.2) is 17.3 Å². The highest BCUT2D eigenvalue weighted by Crippen LogP contribution is 2.28. The summed E-state index contributed by atoms with van der Waals surface area (Å²) in [7, 11) is 1.62. The molecule has 20 heavy (non-hydrogen) atoms. The zero-order valence-corrected chi connectivity index (χ0v) is 11.7. The van der Waals surface area contributed by atoms with Crippen LogP contribution in [0, 0.1) is 0 Å². The van der Waals surface area contributed by atoms with E-state index in [1.54, 1.807) is 18.4 Å². The summed E-state index contributed by atoms with van der Waals surface area (Å²) in [5.74, 6) is 2.16. The zero-order chi connectivity index (χ0) is 13.8. The van der Waals surface area contributed by atoms with Crippen molar-refractivity contribution in [2.45, 2.75) is 6.61 Å². The van der Waals surface area contributed by atoms with E-state index in [-0.39, 0.29) is 0 Å². The van der Waals surface area contributed by atoms with Crippen molar-refractivity contribution in [3.63, 3.8) is 0 Å². The molecule has 0 bridgehead atoms. The van der Waals surface area contributed by atoms with Crippen LogP contribution in [0.3, 0.4) is 0 Å². The van der Waals surface area contributed by atoms with Crippen molar-refractivity contribution >= 4 is 11.3 Å². The molecule has 0 saturated heterocycles. The summed E-state index contributed by atoms with van der Waals surface area (Å²) >= 11 is 1.62. The highest BCUT2D eigenvalue weighted by Gasteiger charge is 2.09. The van der Waals surface area contributed by atoms with Gasteiger partial charge in [-0.1, -0.05) is 23.4 Å². The van der Waals surface area contributed by atoms with Crippen molar-refractivity contribution in [1.29, 1.82) is 0 Å². The Hall–Kier alpha value is -2.27. The Balaban J connectivity index is 1.70. The number of hydrogen-bond donors (Lipinski definition) is 0. The van der Waals surface area contributed by atoms with Gasteiger partial charge in [0.25, 0.3) is 0 Å². The van der Waals surface area contributed by atoms with Crippen LogP contribution in [0.1, 0.15) is 5.69 Å². The van der Waals surface area contributed by atoms with Gasteiger partial charge in [-0.15, -0.1) is 11.3 Å². The molecule has 3 rings (SSSR count). The Morgan fingerprint density at radius 2 is 2.00 bits per heavy atom. The van der Waals surface area contributed by atoms with Crippen LogP contribution in [0.5, 0.6) is 11.5 Å². The lowest BCUT2D eigenvalue weighted by atomic mass is 10.3. The third-order valence-corrected chi connectivity index (χ3v) is 3.65. The SMILES string of the molecule is COc1ccccc1OCc1cc(-c2cccs2)on1. The molecule has 102 valence electrons. The Bertz CT molecular complexity index is 676. The third-order valence-electron chi connectivity index (χ3n) is 2.77. The van der Waals surface area contributed by atoms with Gasteiger partial charge in [0.2, 0.25) is 0 Å². The number of methoxy groups -OCH3 is 1. The number of para-hydroxylation sites is 2. The molecule has 1 aromatic carbocycles. The molecular weight excluding hydrogens is 274 g/mol. The Labute approximate surface area is 120 Å². The molecule has 0 N–H and O–H groups in total. The number of ether oxygens (including phenoxy) is 2. The molecule has 0 radical (unpaired) electrons. The summed E-state index contributed by atoms with van der Waals surface area (Å²) in [5, 5.41) is 6.01. The lowest BCUT2D eigenvalue weighted by molar-refractivity contribution is 0.272. The van der Waals surface area contributed by atoms with Crippen molar-refractivity contribution in [2.75, 3.05) is 7.11 Å². The first-order chi connectivity index (χ1) is 9.86. The van der Waals surface area contributed by atoms with Crippen LogP contribution >= 0.6 is 11.3 Å². The summed E-state index contributed by atoms with van der Waals surface area (Å²) in [4.78, 5) is 1.06. The van der Waals surface area contributed by atoms with Gasteiger partial charge in [-0.25, -0.2) is 0 Å². The molecule has 2 heterocycles. The monoisotopic (exact) mass is 287 g/mol. The lowest BCUT2D eigenvalue weighted by Gasteiger charge is -2.08. The lowest BCUT2D eigenvalue weighted by Crippen LogP contribution is -1.97. The molecule has 0 amide bonds. The van der Waals surface area contributed by atoms with Crippen LogP contribution in [-0.4, -0.2) is 12.3 Å². The van der Waals surface area contributed by atoms with E-state index >= 15 is 0 Å². The molecule has 0 saturated carbocycles. The van der Waals surface area contributed by atoms with Crippen LogP contribution in [0.4, 0.5) is 0 Å². The van der Waals surface area contributed by atoms with E-state index in [2.05, 4.69) is 5.16 Å². The molecule has 0 fully saturated rings. The number of benzene rings is 1. The Morgan fingerprint density at radius 1 is 1.15 bits per heavy atom. The number of hydrogen-bond acceptors (Lipinski definition) is 5. The normalized spacial score (nSPS) is 10.4. The molecule has 0 unspecified atom stereocenters. The summed E-state index contributed by atoms with van der Waals surface area (Å²) in [6.07, 6.45) is 0. The maximum Gasteiger partial charge on any atom is 0.177 e. The van der Waals surface area contributed by atoms with Gasteiger partial charge in [-0.05, 0) is 23.6 Å². The molecule has 2 aromatic heterocycles. The van der Waals surface area contributed by atoms with E-state index in [0.717, 1.165) is 16.3 Å². The summed E-state index contributed by atoms with van der Waals surface area (Å²) in [6, 6.07) is 13.4. The molecule has 0 aliphatic rings. The van der Waals surface area contributed by atoms with E-state index in [0.29, 0.717) is 18.1 Å². The van der Waals surface area contributed by atoms with Gasteiger partial charge >= 0.3 is 0 Å². The quantitative estimate of drug-likeness (QED) is 0.711. The minimum Gasteiger partial charge on any atom is -0.493 e. The molecule has 4 nitrogen and oxygen atoms in total. The van der Waals surface area contributed by atoms with Gasteiger partial charge < -0.3 is 14.0 Å². The van der Waals surface area contributed by atoms with Gasteiger partial charge in [0.1, 0.15) is 12.3 Å². The second-order valence-corrected chi connectivity index (χ2v) is 5.05. The van der Waals surface area contributed by atoms with Crippen LogP contribution in [0.15, 0.2) is 52.4 Å². The predicted molar refractivity (Wildman–Crippen MR) is 77.1 cm³/mol. The minimum absolute atomic E-state index is 0.343. The fraction of sp³-hybridized carbons (Fsp3) is 0.133. The topological polar surface area (TPSA) is 44.5 Å². The fourth-order valence-corrected chi connectivity index (χ4v) is 2.48. The zero-order valence-electron chi connectivity index (χ0n) is 10.9. The van der Waals surface area contributed by atoms with E-state index in [4.69, 9.17) is 14.0 Å². The second kappa shape index (κ2) is 5.79. The third kappa shape index (κ3) is 2.67. The fourth-order valence-electron chi connectivity index (χ4n) is 1.80. The van der Waals surface area contributed by atoms with Crippen LogP contribution in [0.25, 0.3) is 10.6 Å². The first-order valence-electron chi connectivity index (χ1n) is 6.12. The van der Waals surface area contributed by atoms with Crippen molar-refractivity contribution < 1.29 is 14.0 Å². The van der Waals surface area contributed by atoms with E-state index in [9.17, 15) is 0 Å². The van der Waals surface area contributed by atoms with Gasteiger partial charge in [-0.3, -0.25) is 0 Å². The van der Waals surface area contributed by atoms with E-state index in [1.165, 1.54) is 0 Å². The van der Waals surface area contributed by atoms with Crippen molar-refractivity contribution in [3.8, 4) is 22.1 Å². The van der Waals surface area contributed by atoms with Gasteiger partial charge in [-0.2, -0.15) is 0 Å². The smallest absolute Gasteiger partial charge is 0.177 e. The Kier molecular flexibility index (Phi) is 3.69. The minimum atomic E-state index is 0.343. The highest BCUT2D eigenvalue weighted by atomic mass is 32.1. The van der Waals surface area contributed by atoms with Crippen molar-refractivity contribution in [2.24, 2.45) is 0 Å². The maximum atomic E-state index is 5.70. The predicted octanol–water partition coefficient (Wildman–Crippen LogP) is 3.99. The van der Waals surface area contributed by atoms with Crippen molar-refractivity contribution in [3.05, 3.63) is 53.5 Å². The second-order valence-electron chi connectivity index (χ2n) is 4.10. The number of nitrogens with zero attached hydrogens (tertiary/aromatic N) is 1. The molecule has 5 heteroatoms. The Morgan fingerprint density at radius 3 is 2.75 bits per heavy atom. The first kappa shape index (κ1) is 12.7. The molecule has 0 aliphatic heterocycles. The standard InChI is InChI=1S/C15H13NO3S/c1-17-12-5-2-3-6-13(12)18-10-11-9-14(19-16-11)15-7-4-8-20-15/h2-9H,10H2,1H3. The number of aromatic nitrogens is 1. The molecule has 0 atom stereocenters. The molecular formula is C15H13NO3S. The molecule has 3 aromatic rings. The van der Waals surface area contributed by atoms with E-state index < -0.39 is 0 Å². The highest BCUT2D eigenvalue weighted by molar-refractivity contribution is 7.13. The van der Waals surface area contributed by atoms with E-state index in [1.807, 2.05) is 47.8 Å². The summed E-state index contributed by atoms with van der Waals surface area (Å²) in [5.41, 5.74) is 0.749. The maximum absolute atomic E-state index is 5.70. The van der Waals surface area contributed by atoms with Crippen LogP contribution < -0.4 is 9.47 Å². The van der Waals surface area contributed by atoms with Crippen LogP contribution in [0.2, 0.25) is 0 Å². The average Bonchev–Trinajstić information content (AvgIpc) is 3.16. The van der Waals surface area contributed by atoms with Crippen molar-refractivity contribution in [1.82, 2.24) is 5.16 Å². The summed E-state index contributed by atoms with van der Waals surface area (Å²) in [6.45, 7) is 0.343. The number of rotatable bonds is 5. The van der Waals surface area contributed by atoms with Gasteiger partial charge in [0.05, 0.1) is 12.0 Å². The largest absolute Gasteiger partial charge is 0.493 e. The van der Waals surface area contributed by atoms with Gasteiger partial charge in [0, 0.05) is 6.07 Å².